The molecule has 2 fully saturated rings. The second-order valence-corrected chi connectivity index (χ2v) is 12.5. The number of halogens is 2. The summed E-state index contributed by atoms with van der Waals surface area (Å²) in [4.78, 5) is 34.9. The highest BCUT2D eigenvalue weighted by Gasteiger charge is 2.46. The monoisotopic (exact) mass is 582 g/mol. The van der Waals surface area contributed by atoms with Gasteiger partial charge in [-0.1, -0.05) is 23.7 Å². The molecule has 5 rings (SSSR count). The third-order valence-corrected chi connectivity index (χ3v) is 8.24. The Bertz CT molecular complexity index is 1450. The molecular formula is C25H28ClFN4O7S. The van der Waals surface area contributed by atoms with Crippen LogP contribution >= 0.6 is 11.6 Å². The highest BCUT2D eigenvalue weighted by molar-refractivity contribution is 7.86. The molecule has 39 heavy (non-hydrogen) atoms. The molecule has 2 amide bonds. The molecule has 2 saturated heterocycles. The first-order valence-corrected chi connectivity index (χ1v) is 14.5. The van der Waals surface area contributed by atoms with Gasteiger partial charge in [0.2, 0.25) is 0 Å². The first kappa shape index (κ1) is 27.4. The van der Waals surface area contributed by atoms with Crippen LogP contribution in [0, 0.1) is 5.82 Å². The van der Waals surface area contributed by atoms with Gasteiger partial charge in [0.1, 0.15) is 28.8 Å². The second-order valence-electron chi connectivity index (χ2n) is 10.5. The number of fused-ring (bicyclic) bond motifs is 2. The van der Waals surface area contributed by atoms with Crippen LogP contribution in [0.3, 0.4) is 0 Å². The van der Waals surface area contributed by atoms with E-state index in [1.165, 1.54) is 23.1 Å². The van der Waals surface area contributed by atoms with Gasteiger partial charge in [-0.2, -0.15) is 8.42 Å². The SMILES string of the molecule is CC1(C)CC(OS(C)(=O)=O)CN1c1nc(-c2ccccc2F)c(Cl)c2c1C(=O)N1CCN(C(=O)O)C[C@@H]1CO2. The molecule has 210 valence electrons. The maximum absolute atomic E-state index is 14.9. The minimum atomic E-state index is -3.76. The largest absolute Gasteiger partial charge is 0.489 e. The summed E-state index contributed by atoms with van der Waals surface area (Å²) in [5.74, 6) is -0.857. The molecule has 1 N–H and O–H groups in total. The van der Waals surface area contributed by atoms with Gasteiger partial charge >= 0.3 is 6.09 Å². The van der Waals surface area contributed by atoms with Gasteiger partial charge in [0.25, 0.3) is 16.0 Å². The Hall–Kier alpha value is -3.16. The van der Waals surface area contributed by atoms with Crippen LogP contribution in [-0.2, 0) is 14.3 Å². The number of amides is 2. The van der Waals surface area contributed by atoms with E-state index in [2.05, 4.69) is 0 Å². The number of hydrogen-bond acceptors (Lipinski definition) is 8. The number of carbonyl (C=O) groups excluding carboxylic acids is 1. The van der Waals surface area contributed by atoms with Crippen LogP contribution in [0.25, 0.3) is 11.3 Å². The molecule has 0 aliphatic carbocycles. The van der Waals surface area contributed by atoms with Crippen LogP contribution in [0.1, 0.15) is 30.6 Å². The van der Waals surface area contributed by atoms with E-state index < -0.39 is 45.6 Å². The Kier molecular flexibility index (Phi) is 6.88. The van der Waals surface area contributed by atoms with E-state index >= 15 is 0 Å². The van der Waals surface area contributed by atoms with Crippen molar-refractivity contribution in [2.24, 2.45) is 0 Å². The number of pyridine rings is 1. The van der Waals surface area contributed by atoms with Crippen molar-refractivity contribution < 1.29 is 36.4 Å². The van der Waals surface area contributed by atoms with E-state index in [1.54, 1.807) is 15.9 Å². The minimum Gasteiger partial charge on any atom is -0.489 e. The standard InChI is InChI=1S/C25H28ClFN4O7S/c1-25(2)10-15(38-39(3,35)36)12-31(25)22-18-21(19(26)20(28-22)16-6-4-5-7-17(16)27)37-13-14-11-29(24(33)34)8-9-30(14)23(18)32/h4-7,14-15H,8-13H2,1-3H3,(H,33,34)/t14-,15?/m1/s1. The van der Waals surface area contributed by atoms with Gasteiger partial charge in [-0.25, -0.2) is 14.2 Å². The lowest BCUT2D eigenvalue weighted by atomic mass is 10.00. The quantitative estimate of drug-likeness (QED) is 0.541. The van der Waals surface area contributed by atoms with Crippen molar-refractivity contribution in [3.63, 3.8) is 0 Å². The van der Waals surface area contributed by atoms with Gasteiger partial charge in [-0.15, -0.1) is 0 Å². The molecule has 11 nitrogen and oxygen atoms in total. The Morgan fingerprint density at radius 2 is 1.97 bits per heavy atom. The molecule has 14 heteroatoms. The summed E-state index contributed by atoms with van der Waals surface area (Å²) in [6, 6.07) is 5.35. The summed E-state index contributed by atoms with van der Waals surface area (Å²) in [5, 5.41) is 9.42. The number of carboxylic acid groups (broad SMARTS) is 1. The number of piperazine rings is 1. The number of nitrogens with zero attached hydrogens (tertiary/aromatic N) is 4. The van der Waals surface area contributed by atoms with E-state index in [-0.39, 0.29) is 66.2 Å². The molecule has 1 unspecified atom stereocenters. The van der Waals surface area contributed by atoms with Crippen molar-refractivity contribution in [3.05, 3.63) is 40.7 Å². The predicted molar refractivity (Wildman–Crippen MR) is 140 cm³/mol. The maximum atomic E-state index is 14.9. The van der Waals surface area contributed by atoms with Crippen LogP contribution < -0.4 is 9.64 Å². The second kappa shape index (κ2) is 9.79. The number of ether oxygens (including phenoxy) is 1. The normalized spacial score (nSPS) is 22.7. The number of carbonyl (C=O) groups is 2. The van der Waals surface area contributed by atoms with Gasteiger partial charge in [-0.05, 0) is 32.4 Å². The molecule has 3 aliphatic rings. The number of anilines is 1. The van der Waals surface area contributed by atoms with Crippen molar-refractivity contribution in [2.75, 3.05) is 43.9 Å². The lowest BCUT2D eigenvalue weighted by Gasteiger charge is -2.39. The third kappa shape index (κ3) is 5.10. The average Bonchev–Trinajstić information content (AvgIpc) is 3.05. The van der Waals surface area contributed by atoms with E-state index in [0.29, 0.717) is 6.42 Å². The molecule has 1 aromatic heterocycles. The first-order chi connectivity index (χ1) is 18.3. The Morgan fingerprint density at radius 1 is 1.26 bits per heavy atom. The summed E-state index contributed by atoms with van der Waals surface area (Å²) in [6.07, 6.45) is -0.529. The zero-order chi connectivity index (χ0) is 28.3. The molecule has 0 saturated carbocycles. The van der Waals surface area contributed by atoms with Gasteiger partial charge in [0.15, 0.2) is 5.75 Å². The number of rotatable bonds is 4. The van der Waals surface area contributed by atoms with Gasteiger partial charge in [-0.3, -0.25) is 8.98 Å². The van der Waals surface area contributed by atoms with Crippen LogP contribution in [-0.4, -0.2) is 97.0 Å². The van der Waals surface area contributed by atoms with Crippen LogP contribution in [0.5, 0.6) is 5.75 Å². The van der Waals surface area contributed by atoms with E-state index in [0.717, 1.165) is 6.26 Å². The van der Waals surface area contributed by atoms with Crippen molar-refractivity contribution in [2.45, 2.75) is 38.0 Å². The lowest BCUT2D eigenvalue weighted by Crippen LogP contribution is -2.57. The fraction of sp³-hybridized carbons (Fsp3) is 0.480. The molecule has 3 aliphatic heterocycles. The van der Waals surface area contributed by atoms with Crippen LogP contribution in [0.4, 0.5) is 15.0 Å². The molecule has 1 aromatic carbocycles. The molecule has 0 bridgehead atoms. The molecule has 2 aromatic rings. The van der Waals surface area contributed by atoms with Gasteiger partial charge < -0.3 is 24.5 Å². The first-order valence-electron chi connectivity index (χ1n) is 12.3. The van der Waals surface area contributed by atoms with Gasteiger partial charge in [0, 0.05) is 37.3 Å². The average molecular weight is 583 g/mol. The molecular weight excluding hydrogens is 555 g/mol. The van der Waals surface area contributed by atoms with Crippen molar-refractivity contribution >= 4 is 39.5 Å². The van der Waals surface area contributed by atoms with Crippen molar-refractivity contribution in [3.8, 4) is 17.0 Å². The van der Waals surface area contributed by atoms with Crippen molar-refractivity contribution in [1.29, 1.82) is 0 Å². The minimum absolute atomic E-state index is 0.0180. The maximum Gasteiger partial charge on any atom is 0.407 e. The highest BCUT2D eigenvalue weighted by atomic mass is 35.5. The third-order valence-electron chi connectivity index (χ3n) is 7.26. The molecule has 0 radical (unpaired) electrons. The highest BCUT2D eigenvalue weighted by Crippen LogP contribution is 2.47. The summed E-state index contributed by atoms with van der Waals surface area (Å²) >= 11 is 6.76. The zero-order valence-electron chi connectivity index (χ0n) is 21.6. The summed E-state index contributed by atoms with van der Waals surface area (Å²) in [6.45, 7) is 4.08. The summed E-state index contributed by atoms with van der Waals surface area (Å²) < 4.78 is 50.1. The van der Waals surface area contributed by atoms with E-state index in [9.17, 15) is 27.5 Å². The Morgan fingerprint density at radius 3 is 2.64 bits per heavy atom. The Labute approximate surface area is 230 Å². The van der Waals surface area contributed by atoms with Crippen molar-refractivity contribution in [1.82, 2.24) is 14.8 Å². The zero-order valence-corrected chi connectivity index (χ0v) is 23.1. The predicted octanol–water partition coefficient (Wildman–Crippen LogP) is 3.07. The number of aromatic nitrogens is 1. The topological polar surface area (TPSA) is 130 Å². The fourth-order valence-corrected chi connectivity index (χ4v) is 6.43. The molecule has 0 spiro atoms. The number of hydrogen-bond donors (Lipinski definition) is 1. The summed E-state index contributed by atoms with van der Waals surface area (Å²) in [7, 11) is -3.76. The van der Waals surface area contributed by atoms with E-state index in [1.807, 2.05) is 13.8 Å². The number of benzene rings is 1. The van der Waals surface area contributed by atoms with Crippen LogP contribution in [0.2, 0.25) is 5.02 Å². The Balaban J connectivity index is 1.67. The molecule has 4 heterocycles. The smallest absolute Gasteiger partial charge is 0.407 e. The lowest BCUT2D eigenvalue weighted by molar-refractivity contribution is 0.0390. The van der Waals surface area contributed by atoms with Gasteiger partial charge in [0.05, 0.1) is 24.1 Å². The molecule has 2 atom stereocenters. The summed E-state index contributed by atoms with van der Waals surface area (Å²) in [5.41, 5.74) is -0.501. The van der Waals surface area contributed by atoms with Crippen LogP contribution in [0.15, 0.2) is 24.3 Å². The fourth-order valence-electron chi connectivity index (χ4n) is 5.51. The van der Waals surface area contributed by atoms with E-state index in [4.69, 9.17) is 25.5 Å².